The second-order valence-corrected chi connectivity index (χ2v) is 7.44. The first-order chi connectivity index (χ1) is 16.6. The third-order valence-electron chi connectivity index (χ3n) is 5.01. The Morgan fingerprint density at radius 2 is 1.62 bits per heavy atom. The number of carbonyl (C=O) groups excluding carboxylic acids is 2. The monoisotopic (exact) mass is 461 g/mol. The standard InChI is InChI=1S/C27H31N3O4/c1-3-30(24-13-6-5-7-14-24)27(32)21-10-8-11-22(18-21)28-20-26(31)29-23-12-9-15-25(19-23)34-17-16-33-4-2/h5-15,18-19,28H,3-4,16-17,20H2,1-2H3,(H,29,31). The van der Waals surface area contributed by atoms with Crippen LogP contribution in [0.1, 0.15) is 24.2 Å². The van der Waals surface area contributed by atoms with Gasteiger partial charge in [0, 0.05) is 41.8 Å². The molecule has 0 aliphatic carbocycles. The van der Waals surface area contributed by atoms with Crippen molar-refractivity contribution in [2.24, 2.45) is 0 Å². The lowest BCUT2D eigenvalue weighted by Crippen LogP contribution is -2.30. The van der Waals surface area contributed by atoms with Crippen molar-refractivity contribution in [1.82, 2.24) is 0 Å². The van der Waals surface area contributed by atoms with E-state index in [1.54, 1.807) is 35.2 Å². The molecular weight excluding hydrogens is 430 g/mol. The highest BCUT2D eigenvalue weighted by Gasteiger charge is 2.16. The predicted octanol–water partition coefficient (Wildman–Crippen LogP) is 4.82. The lowest BCUT2D eigenvalue weighted by molar-refractivity contribution is -0.114. The molecule has 0 aliphatic heterocycles. The van der Waals surface area contributed by atoms with Crippen molar-refractivity contribution in [2.45, 2.75) is 13.8 Å². The van der Waals surface area contributed by atoms with Gasteiger partial charge in [-0.2, -0.15) is 0 Å². The summed E-state index contributed by atoms with van der Waals surface area (Å²) >= 11 is 0. The van der Waals surface area contributed by atoms with Gasteiger partial charge in [0.25, 0.3) is 5.91 Å². The molecule has 3 rings (SSSR count). The van der Waals surface area contributed by atoms with Crippen molar-refractivity contribution >= 4 is 28.9 Å². The van der Waals surface area contributed by atoms with Crippen LogP contribution in [-0.4, -0.2) is 44.7 Å². The van der Waals surface area contributed by atoms with E-state index in [9.17, 15) is 9.59 Å². The van der Waals surface area contributed by atoms with Crippen LogP contribution >= 0.6 is 0 Å². The van der Waals surface area contributed by atoms with Gasteiger partial charge in [-0.3, -0.25) is 9.59 Å². The lowest BCUT2D eigenvalue weighted by atomic mass is 10.1. The van der Waals surface area contributed by atoms with E-state index in [-0.39, 0.29) is 18.4 Å². The first kappa shape index (κ1) is 24.8. The number of para-hydroxylation sites is 1. The second-order valence-electron chi connectivity index (χ2n) is 7.44. The number of benzene rings is 3. The molecule has 0 fully saturated rings. The van der Waals surface area contributed by atoms with E-state index in [1.807, 2.05) is 62.4 Å². The number of rotatable bonds is 12. The van der Waals surface area contributed by atoms with Gasteiger partial charge in [0.2, 0.25) is 5.91 Å². The van der Waals surface area contributed by atoms with Crippen LogP contribution in [0, 0.1) is 0 Å². The molecule has 0 aliphatic rings. The molecule has 0 saturated carbocycles. The quantitative estimate of drug-likeness (QED) is 0.378. The fourth-order valence-electron chi connectivity index (χ4n) is 3.38. The summed E-state index contributed by atoms with van der Waals surface area (Å²) in [5.41, 5.74) is 2.73. The molecule has 0 atom stereocenters. The number of anilines is 3. The zero-order valence-electron chi connectivity index (χ0n) is 19.6. The molecule has 34 heavy (non-hydrogen) atoms. The van der Waals surface area contributed by atoms with Gasteiger partial charge in [-0.25, -0.2) is 0 Å². The molecule has 178 valence electrons. The molecule has 3 aromatic rings. The highest BCUT2D eigenvalue weighted by molar-refractivity contribution is 6.06. The molecule has 0 heterocycles. The van der Waals surface area contributed by atoms with E-state index in [1.165, 1.54) is 0 Å². The highest BCUT2D eigenvalue weighted by atomic mass is 16.5. The Bertz CT molecular complexity index is 1070. The van der Waals surface area contributed by atoms with E-state index in [0.717, 1.165) is 5.69 Å². The molecule has 7 nitrogen and oxygen atoms in total. The molecule has 0 unspecified atom stereocenters. The van der Waals surface area contributed by atoms with Gasteiger partial charge in [-0.05, 0) is 56.3 Å². The summed E-state index contributed by atoms with van der Waals surface area (Å²) in [5, 5.41) is 5.94. The van der Waals surface area contributed by atoms with Crippen LogP contribution in [0.15, 0.2) is 78.9 Å². The van der Waals surface area contributed by atoms with Crippen LogP contribution in [0.5, 0.6) is 5.75 Å². The van der Waals surface area contributed by atoms with Crippen LogP contribution in [0.4, 0.5) is 17.1 Å². The van der Waals surface area contributed by atoms with Crippen molar-refractivity contribution in [1.29, 1.82) is 0 Å². The first-order valence-electron chi connectivity index (χ1n) is 11.4. The Hall–Kier alpha value is -3.84. The zero-order chi connectivity index (χ0) is 24.2. The Morgan fingerprint density at radius 3 is 2.38 bits per heavy atom. The summed E-state index contributed by atoms with van der Waals surface area (Å²) in [6, 6.07) is 23.9. The summed E-state index contributed by atoms with van der Waals surface area (Å²) < 4.78 is 10.9. The van der Waals surface area contributed by atoms with Gasteiger partial charge >= 0.3 is 0 Å². The van der Waals surface area contributed by atoms with E-state index < -0.39 is 0 Å². The van der Waals surface area contributed by atoms with Crippen LogP contribution < -0.4 is 20.3 Å². The van der Waals surface area contributed by atoms with E-state index in [0.29, 0.717) is 49.1 Å². The van der Waals surface area contributed by atoms with Crippen LogP contribution in [0.3, 0.4) is 0 Å². The molecule has 7 heteroatoms. The first-order valence-corrected chi connectivity index (χ1v) is 11.4. The second kappa shape index (κ2) is 13.0. The minimum Gasteiger partial charge on any atom is -0.491 e. The Kier molecular flexibility index (Phi) is 9.49. The minimum atomic E-state index is -0.206. The van der Waals surface area contributed by atoms with Gasteiger partial charge in [-0.15, -0.1) is 0 Å². The maximum atomic E-state index is 13.1. The minimum absolute atomic E-state index is 0.0588. The molecule has 0 radical (unpaired) electrons. The van der Waals surface area contributed by atoms with E-state index in [4.69, 9.17) is 9.47 Å². The summed E-state index contributed by atoms with van der Waals surface area (Å²) in [5.74, 6) is 0.362. The molecule has 0 aromatic heterocycles. The molecule has 3 aromatic carbocycles. The topological polar surface area (TPSA) is 79.9 Å². The molecule has 0 saturated heterocycles. The third kappa shape index (κ3) is 7.35. The third-order valence-corrected chi connectivity index (χ3v) is 5.01. The van der Waals surface area contributed by atoms with Gasteiger partial charge in [0.05, 0.1) is 13.2 Å². The van der Waals surface area contributed by atoms with Gasteiger partial charge < -0.3 is 25.0 Å². The summed E-state index contributed by atoms with van der Waals surface area (Å²) in [6.45, 7) is 6.09. The summed E-state index contributed by atoms with van der Waals surface area (Å²) in [4.78, 5) is 27.2. The Balaban J connectivity index is 1.55. The number of amides is 2. The van der Waals surface area contributed by atoms with Crippen molar-refractivity contribution < 1.29 is 19.1 Å². The Morgan fingerprint density at radius 1 is 0.853 bits per heavy atom. The zero-order valence-corrected chi connectivity index (χ0v) is 19.6. The largest absolute Gasteiger partial charge is 0.491 e. The van der Waals surface area contributed by atoms with Crippen molar-refractivity contribution in [3.05, 3.63) is 84.4 Å². The van der Waals surface area contributed by atoms with E-state index >= 15 is 0 Å². The fraction of sp³-hybridized carbons (Fsp3) is 0.259. The number of ether oxygens (including phenoxy) is 2. The van der Waals surface area contributed by atoms with Gasteiger partial charge in [0.15, 0.2) is 0 Å². The smallest absolute Gasteiger partial charge is 0.258 e. The normalized spacial score (nSPS) is 10.4. The molecular formula is C27H31N3O4. The number of nitrogens with one attached hydrogen (secondary N) is 2. The van der Waals surface area contributed by atoms with Crippen LogP contribution in [0.25, 0.3) is 0 Å². The molecule has 0 spiro atoms. The van der Waals surface area contributed by atoms with Crippen LogP contribution in [0.2, 0.25) is 0 Å². The average Bonchev–Trinajstić information content (AvgIpc) is 2.87. The molecule has 0 bridgehead atoms. The molecule has 2 amide bonds. The van der Waals surface area contributed by atoms with Gasteiger partial charge in [-0.1, -0.05) is 30.3 Å². The van der Waals surface area contributed by atoms with E-state index in [2.05, 4.69) is 10.6 Å². The SMILES string of the molecule is CCOCCOc1cccc(NC(=O)CNc2cccc(C(=O)N(CC)c3ccccc3)c2)c1. The lowest BCUT2D eigenvalue weighted by Gasteiger charge is -2.21. The maximum Gasteiger partial charge on any atom is 0.258 e. The predicted molar refractivity (Wildman–Crippen MR) is 136 cm³/mol. The maximum absolute atomic E-state index is 13.1. The van der Waals surface area contributed by atoms with Gasteiger partial charge in [0.1, 0.15) is 12.4 Å². The Labute approximate surface area is 200 Å². The summed E-state index contributed by atoms with van der Waals surface area (Å²) in [6.07, 6.45) is 0. The van der Waals surface area contributed by atoms with Crippen LogP contribution in [-0.2, 0) is 9.53 Å². The van der Waals surface area contributed by atoms with Crippen molar-refractivity contribution in [3.63, 3.8) is 0 Å². The number of hydrogen-bond donors (Lipinski definition) is 2. The molecule has 2 N–H and O–H groups in total. The fourth-order valence-corrected chi connectivity index (χ4v) is 3.38. The highest BCUT2D eigenvalue weighted by Crippen LogP contribution is 2.19. The number of carbonyl (C=O) groups is 2. The number of hydrogen-bond acceptors (Lipinski definition) is 5. The van der Waals surface area contributed by atoms with Crippen molar-refractivity contribution in [3.8, 4) is 5.75 Å². The average molecular weight is 462 g/mol. The summed E-state index contributed by atoms with van der Waals surface area (Å²) in [7, 11) is 0. The number of nitrogens with zero attached hydrogens (tertiary/aromatic N) is 1. The van der Waals surface area contributed by atoms with Crippen molar-refractivity contribution in [2.75, 3.05) is 48.4 Å².